The van der Waals surface area contributed by atoms with E-state index in [2.05, 4.69) is 33.1 Å². The van der Waals surface area contributed by atoms with E-state index in [1.54, 1.807) is 19.6 Å². The van der Waals surface area contributed by atoms with E-state index in [1.165, 1.54) is 6.42 Å². The Kier molecular flexibility index (Phi) is 5.87. The van der Waals surface area contributed by atoms with E-state index in [1.807, 2.05) is 35.2 Å². The van der Waals surface area contributed by atoms with Crippen molar-refractivity contribution in [2.75, 3.05) is 20.3 Å². The van der Waals surface area contributed by atoms with Gasteiger partial charge in [0.2, 0.25) is 0 Å². The van der Waals surface area contributed by atoms with Gasteiger partial charge < -0.3 is 14.0 Å². The zero-order valence-electron chi connectivity index (χ0n) is 16.2. The molecule has 0 radical (unpaired) electrons. The van der Waals surface area contributed by atoms with Gasteiger partial charge in [-0.3, -0.25) is 9.88 Å². The fourth-order valence-corrected chi connectivity index (χ4v) is 3.82. The van der Waals surface area contributed by atoms with Gasteiger partial charge in [0.1, 0.15) is 6.61 Å². The molecule has 2 aromatic heterocycles. The average Bonchev–Trinajstić information content (AvgIpc) is 3.42. The smallest absolute Gasteiger partial charge is 0.165 e. The Morgan fingerprint density at radius 1 is 1.14 bits per heavy atom. The van der Waals surface area contributed by atoms with Gasteiger partial charge in [-0.2, -0.15) is 0 Å². The predicted octanol–water partition coefficient (Wildman–Crippen LogP) is 3.70. The molecule has 0 aliphatic carbocycles. The SMILES string of the molecule is COc1cccc(CN2CCCC2c2ccccn2)c1OCCn1ccnc1. The maximum absolute atomic E-state index is 6.17. The Bertz CT molecular complexity index is 868. The van der Waals surface area contributed by atoms with E-state index in [4.69, 9.17) is 9.47 Å². The highest BCUT2D eigenvalue weighted by molar-refractivity contribution is 5.46. The van der Waals surface area contributed by atoms with E-state index >= 15 is 0 Å². The van der Waals surface area contributed by atoms with Crippen molar-refractivity contribution in [3.63, 3.8) is 0 Å². The third kappa shape index (κ3) is 4.17. The molecule has 0 saturated carbocycles. The van der Waals surface area contributed by atoms with Crippen LogP contribution < -0.4 is 9.47 Å². The molecule has 28 heavy (non-hydrogen) atoms. The number of aromatic nitrogens is 3. The molecular formula is C22H26N4O2. The third-order valence-corrected chi connectivity index (χ3v) is 5.20. The van der Waals surface area contributed by atoms with Gasteiger partial charge in [0.25, 0.3) is 0 Å². The quantitative estimate of drug-likeness (QED) is 0.598. The van der Waals surface area contributed by atoms with E-state index in [0.29, 0.717) is 12.6 Å². The van der Waals surface area contributed by atoms with Gasteiger partial charge in [-0.15, -0.1) is 0 Å². The minimum atomic E-state index is 0.353. The third-order valence-electron chi connectivity index (χ3n) is 5.20. The lowest BCUT2D eigenvalue weighted by Gasteiger charge is -2.25. The summed E-state index contributed by atoms with van der Waals surface area (Å²) in [7, 11) is 1.69. The number of hydrogen-bond acceptors (Lipinski definition) is 5. The molecule has 3 heterocycles. The lowest BCUT2D eigenvalue weighted by atomic mass is 10.1. The summed E-state index contributed by atoms with van der Waals surface area (Å²) in [4.78, 5) is 11.1. The second-order valence-corrected chi connectivity index (χ2v) is 6.98. The van der Waals surface area contributed by atoms with E-state index in [0.717, 1.165) is 48.8 Å². The molecule has 1 aliphatic heterocycles. The number of nitrogens with zero attached hydrogens (tertiary/aromatic N) is 4. The highest BCUT2D eigenvalue weighted by Crippen LogP contribution is 2.36. The summed E-state index contributed by atoms with van der Waals surface area (Å²) in [5, 5.41) is 0. The van der Waals surface area contributed by atoms with E-state index in [-0.39, 0.29) is 0 Å². The minimum absolute atomic E-state index is 0.353. The number of rotatable bonds is 8. The molecule has 4 rings (SSSR count). The maximum atomic E-state index is 6.17. The topological polar surface area (TPSA) is 52.4 Å². The van der Waals surface area contributed by atoms with E-state index in [9.17, 15) is 0 Å². The molecule has 1 aromatic carbocycles. The average molecular weight is 378 g/mol. The van der Waals surface area contributed by atoms with Crippen LogP contribution in [-0.2, 0) is 13.1 Å². The second kappa shape index (κ2) is 8.89. The van der Waals surface area contributed by atoms with Crippen LogP contribution in [0.5, 0.6) is 11.5 Å². The number of hydrogen-bond donors (Lipinski definition) is 0. The van der Waals surface area contributed by atoms with Crippen LogP contribution in [0.2, 0.25) is 0 Å². The number of likely N-dealkylation sites (tertiary alicyclic amines) is 1. The summed E-state index contributed by atoms with van der Waals surface area (Å²) in [6, 6.07) is 12.6. The molecule has 1 fully saturated rings. The van der Waals surface area contributed by atoms with Crippen molar-refractivity contribution in [3.8, 4) is 11.5 Å². The van der Waals surface area contributed by atoms with Crippen LogP contribution in [0.25, 0.3) is 0 Å². The fourth-order valence-electron chi connectivity index (χ4n) is 3.82. The summed E-state index contributed by atoms with van der Waals surface area (Å²) in [5.74, 6) is 1.61. The molecule has 1 saturated heterocycles. The first kappa shape index (κ1) is 18.5. The summed E-state index contributed by atoms with van der Waals surface area (Å²) in [5.41, 5.74) is 2.29. The zero-order chi connectivity index (χ0) is 19.2. The molecule has 6 heteroatoms. The van der Waals surface area contributed by atoms with Crippen molar-refractivity contribution in [2.24, 2.45) is 0 Å². The monoisotopic (exact) mass is 378 g/mol. The van der Waals surface area contributed by atoms with Gasteiger partial charge in [0.15, 0.2) is 11.5 Å². The molecule has 1 aliphatic rings. The summed E-state index contributed by atoms with van der Waals surface area (Å²) in [6.45, 7) is 3.19. The Hall–Kier alpha value is -2.86. The van der Waals surface area contributed by atoms with Crippen LogP contribution in [-0.4, -0.2) is 39.7 Å². The highest BCUT2D eigenvalue weighted by Gasteiger charge is 2.28. The van der Waals surface area contributed by atoms with Crippen LogP contribution >= 0.6 is 0 Å². The molecule has 0 spiro atoms. The minimum Gasteiger partial charge on any atom is -0.493 e. The number of methoxy groups -OCH3 is 1. The zero-order valence-corrected chi connectivity index (χ0v) is 16.2. The maximum Gasteiger partial charge on any atom is 0.165 e. The second-order valence-electron chi connectivity index (χ2n) is 6.98. The number of imidazole rings is 1. The van der Waals surface area contributed by atoms with Crippen molar-refractivity contribution in [2.45, 2.75) is 32.0 Å². The fraction of sp³-hybridized carbons (Fsp3) is 0.364. The molecular weight excluding hydrogens is 352 g/mol. The molecule has 1 atom stereocenters. The van der Waals surface area contributed by atoms with Gasteiger partial charge in [-0.25, -0.2) is 4.98 Å². The normalized spacial score (nSPS) is 17.0. The molecule has 0 bridgehead atoms. The van der Waals surface area contributed by atoms with Crippen molar-refractivity contribution in [1.29, 1.82) is 0 Å². The van der Waals surface area contributed by atoms with Gasteiger partial charge in [0.05, 0.1) is 31.7 Å². The summed E-state index contributed by atoms with van der Waals surface area (Å²) < 4.78 is 13.7. The molecule has 0 N–H and O–H groups in total. The number of pyridine rings is 1. The van der Waals surface area contributed by atoms with E-state index < -0.39 is 0 Å². The molecule has 3 aromatic rings. The van der Waals surface area contributed by atoms with Crippen molar-refractivity contribution in [1.82, 2.24) is 19.4 Å². The van der Waals surface area contributed by atoms with Crippen molar-refractivity contribution < 1.29 is 9.47 Å². The van der Waals surface area contributed by atoms with Crippen LogP contribution in [0.1, 0.15) is 30.1 Å². The predicted molar refractivity (Wildman–Crippen MR) is 107 cm³/mol. The van der Waals surface area contributed by atoms with Crippen LogP contribution in [0.3, 0.4) is 0 Å². The molecule has 6 nitrogen and oxygen atoms in total. The molecule has 1 unspecified atom stereocenters. The lowest BCUT2D eigenvalue weighted by Crippen LogP contribution is -2.24. The van der Waals surface area contributed by atoms with Crippen LogP contribution in [0.4, 0.5) is 0 Å². The Morgan fingerprint density at radius 3 is 2.89 bits per heavy atom. The highest BCUT2D eigenvalue weighted by atomic mass is 16.5. The number of benzene rings is 1. The first-order valence-electron chi connectivity index (χ1n) is 9.74. The van der Waals surface area contributed by atoms with Gasteiger partial charge in [0, 0.05) is 30.7 Å². The first-order valence-corrected chi connectivity index (χ1v) is 9.74. The molecule has 146 valence electrons. The van der Waals surface area contributed by atoms with Gasteiger partial charge in [-0.05, 0) is 37.6 Å². The van der Waals surface area contributed by atoms with Crippen LogP contribution in [0, 0.1) is 0 Å². The summed E-state index contributed by atoms with van der Waals surface area (Å²) in [6.07, 6.45) is 9.71. The Balaban J connectivity index is 1.50. The lowest BCUT2D eigenvalue weighted by molar-refractivity contribution is 0.231. The number of ether oxygens (including phenoxy) is 2. The largest absolute Gasteiger partial charge is 0.493 e. The van der Waals surface area contributed by atoms with Gasteiger partial charge in [-0.1, -0.05) is 18.2 Å². The van der Waals surface area contributed by atoms with Crippen molar-refractivity contribution >= 4 is 0 Å². The Morgan fingerprint density at radius 2 is 2.11 bits per heavy atom. The standard InChI is InChI=1S/C22H26N4O2/c1-27-21-9-4-6-18(22(21)28-15-14-25-13-11-23-17-25)16-26-12-5-8-20(26)19-7-2-3-10-24-19/h2-4,6-7,9-11,13,17,20H,5,8,12,14-16H2,1H3. The van der Waals surface area contributed by atoms with Crippen LogP contribution in [0.15, 0.2) is 61.3 Å². The molecule has 0 amide bonds. The first-order chi connectivity index (χ1) is 13.8. The Labute approximate surface area is 165 Å². The van der Waals surface area contributed by atoms with Crippen molar-refractivity contribution in [3.05, 3.63) is 72.6 Å². The summed E-state index contributed by atoms with van der Waals surface area (Å²) >= 11 is 0. The number of para-hydroxylation sites is 1. The van der Waals surface area contributed by atoms with Gasteiger partial charge >= 0.3 is 0 Å².